The average Bonchev–Trinajstić information content (AvgIpc) is 3.53. The molecule has 1 aromatic heterocycles. The van der Waals surface area contributed by atoms with E-state index in [1.165, 1.54) is 30.1 Å². The molecule has 3 heterocycles. The number of rotatable bonds is 10. The van der Waals surface area contributed by atoms with Crippen LogP contribution in [0.2, 0.25) is 0 Å². The van der Waals surface area contributed by atoms with Crippen LogP contribution in [0.25, 0.3) is 0 Å². The van der Waals surface area contributed by atoms with E-state index >= 15 is 4.39 Å². The van der Waals surface area contributed by atoms with Crippen LogP contribution in [-0.2, 0) is 18.6 Å². The lowest BCUT2D eigenvalue weighted by Crippen LogP contribution is -2.52. The summed E-state index contributed by atoms with van der Waals surface area (Å²) < 4.78 is 29.8. The molecule has 0 aliphatic carbocycles. The van der Waals surface area contributed by atoms with Gasteiger partial charge in [-0.2, -0.15) is 5.10 Å². The van der Waals surface area contributed by atoms with Crippen LogP contribution in [0.5, 0.6) is 0 Å². The molecule has 6 rings (SSSR count). The molecular formula is C35H42F2N6O. The molecule has 3 aromatic carbocycles. The van der Waals surface area contributed by atoms with Gasteiger partial charge in [0.1, 0.15) is 29.9 Å². The maximum Gasteiger partial charge on any atom is 0.137 e. The van der Waals surface area contributed by atoms with Crippen LogP contribution in [0.4, 0.5) is 14.5 Å². The van der Waals surface area contributed by atoms with Crippen molar-refractivity contribution >= 4 is 5.69 Å². The van der Waals surface area contributed by atoms with Gasteiger partial charge in [-0.25, -0.2) is 18.4 Å². The van der Waals surface area contributed by atoms with Gasteiger partial charge in [-0.1, -0.05) is 36.4 Å². The van der Waals surface area contributed by atoms with Crippen molar-refractivity contribution in [3.05, 3.63) is 113 Å². The van der Waals surface area contributed by atoms with Crippen LogP contribution >= 0.6 is 0 Å². The third-order valence-corrected chi connectivity index (χ3v) is 9.25. The molecule has 0 amide bonds. The Bertz CT molecular complexity index is 1480. The van der Waals surface area contributed by atoms with E-state index in [0.29, 0.717) is 24.2 Å². The first-order valence-corrected chi connectivity index (χ1v) is 15.7. The van der Waals surface area contributed by atoms with Crippen LogP contribution in [0.3, 0.4) is 0 Å². The number of benzene rings is 3. The zero-order valence-corrected chi connectivity index (χ0v) is 25.4. The summed E-state index contributed by atoms with van der Waals surface area (Å²) >= 11 is 0. The van der Waals surface area contributed by atoms with E-state index in [1.54, 1.807) is 17.1 Å². The fraction of sp³-hybridized carbons (Fsp3) is 0.429. The fourth-order valence-corrected chi connectivity index (χ4v) is 6.81. The molecule has 0 bridgehead atoms. The number of halogens is 2. The van der Waals surface area contributed by atoms with E-state index in [4.69, 9.17) is 0 Å². The number of nitrogens with one attached hydrogen (secondary N) is 1. The summed E-state index contributed by atoms with van der Waals surface area (Å²) in [5.41, 5.74) is 3.17. The summed E-state index contributed by atoms with van der Waals surface area (Å²) in [7, 11) is 0. The largest absolute Gasteiger partial charge is 0.382 e. The average molecular weight is 601 g/mol. The predicted molar refractivity (Wildman–Crippen MR) is 168 cm³/mol. The first-order valence-electron chi connectivity index (χ1n) is 15.7. The van der Waals surface area contributed by atoms with Gasteiger partial charge >= 0.3 is 0 Å². The Morgan fingerprint density at radius 1 is 0.864 bits per heavy atom. The Balaban J connectivity index is 0.979. The van der Waals surface area contributed by atoms with Gasteiger partial charge in [0.25, 0.3) is 0 Å². The highest BCUT2D eigenvalue weighted by atomic mass is 19.1. The molecule has 2 N–H and O–H groups in total. The number of aryl methyl sites for hydroxylation is 1. The zero-order chi connectivity index (χ0) is 30.5. The summed E-state index contributed by atoms with van der Waals surface area (Å²) in [5, 5.41) is 19.7. The topological polar surface area (TPSA) is 69.5 Å². The molecule has 2 aliphatic heterocycles. The quantitative estimate of drug-likeness (QED) is 0.255. The van der Waals surface area contributed by atoms with Crippen molar-refractivity contribution < 1.29 is 13.9 Å². The Labute approximate surface area is 258 Å². The van der Waals surface area contributed by atoms with Gasteiger partial charge in [-0.05, 0) is 99.1 Å². The Morgan fingerprint density at radius 3 is 2.18 bits per heavy atom. The molecule has 2 saturated heterocycles. The van der Waals surface area contributed by atoms with Crippen LogP contribution in [0, 0.1) is 18.6 Å². The number of hydrogen-bond donors (Lipinski definition) is 2. The summed E-state index contributed by atoms with van der Waals surface area (Å²) in [4.78, 5) is 8.90. The number of anilines is 1. The number of aromatic nitrogens is 3. The van der Waals surface area contributed by atoms with E-state index in [-0.39, 0.29) is 18.2 Å². The van der Waals surface area contributed by atoms with Crippen LogP contribution < -0.4 is 5.32 Å². The van der Waals surface area contributed by atoms with Gasteiger partial charge in [0, 0.05) is 43.0 Å². The van der Waals surface area contributed by atoms with Crippen molar-refractivity contribution in [3.8, 4) is 0 Å². The van der Waals surface area contributed by atoms with Crippen molar-refractivity contribution in [2.24, 2.45) is 0 Å². The minimum absolute atomic E-state index is 0.143. The standard InChI is InChI=1S/C35H42F2N6O/c1-26-2-11-33(34(37)20-26)35(44,23-43-25-38-24-39-43)22-41-16-14-32(15-17-41)42-18-12-31(13-19-42)40-30-9-5-28(6-10-30)21-27-3-7-29(36)8-4-27/h2-11,20,24-25,31-32,40,44H,12-19,21-23H2,1H3. The van der Waals surface area contributed by atoms with E-state index in [9.17, 15) is 9.50 Å². The smallest absolute Gasteiger partial charge is 0.137 e. The Hall–Kier alpha value is -3.66. The SMILES string of the molecule is Cc1ccc(C(O)(CN2CCC(N3CCC(Nc4ccc(Cc5ccc(F)cc5)cc4)CC3)CC2)Cn2cncn2)c(F)c1. The minimum Gasteiger partial charge on any atom is -0.382 e. The molecule has 4 aromatic rings. The molecule has 44 heavy (non-hydrogen) atoms. The highest BCUT2D eigenvalue weighted by molar-refractivity contribution is 5.46. The number of nitrogens with zero attached hydrogens (tertiary/aromatic N) is 5. The van der Waals surface area contributed by atoms with Gasteiger partial charge in [-0.15, -0.1) is 0 Å². The number of aliphatic hydroxyl groups is 1. The second-order valence-electron chi connectivity index (χ2n) is 12.6. The second kappa shape index (κ2) is 13.5. The monoisotopic (exact) mass is 600 g/mol. The lowest BCUT2D eigenvalue weighted by atomic mass is 9.90. The molecule has 232 valence electrons. The maximum atomic E-state index is 15.1. The van der Waals surface area contributed by atoms with Gasteiger partial charge in [0.2, 0.25) is 0 Å². The molecule has 2 aliphatic rings. The molecular weight excluding hydrogens is 558 g/mol. The summed E-state index contributed by atoms with van der Waals surface area (Å²) in [6, 6.07) is 21.3. The normalized spacial score (nSPS) is 18.7. The fourth-order valence-electron chi connectivity index (χ4n) is 6.81. The summed E-state index contributed by atoms with van der Waals surface area (Å²) in [5.74, 6) is -0.593. The first-order chi connectivity index (χ1) is 21.3. The third-order valence-electron chi connectivity index (χ3n) is 9.25. The third kappa shape index (κ3) is 7.52. The molecule has 9 heteroatoms. The Morgan fingerprint density at radius 2 is 1.55 bits per heavy atom. The van der Waals surface area contributed by atoms with Gasteiger partial charge in [0.15, 0.2) is 0 Å². The van der Waals surface area contributed by atoms with Crippen molar-refractivity contribution in [1.29, 1.82) is 0 Å². The van der Waals surface area contributed by atoms with Crippen molar-refractivity contribution in [2.75, 3.05) is 38.0 Å². The highest BCUT2D eigenvalue weighted by Gasteiger charge is 2.37. The number of β-amino-alcohol motifs (C(OH)–C–C–N with tert-alkyl or cyclic N) is 1. The lowest BCUT2D eigenvalue weighted by Gasteiger charge is -2.43. The molecule has 0 saturated carbocycles. The maximum absolute atomic E-state index is 15.1. The number of hydrogen-bond acceptors (Lipinski definition) is 6. The number of likely N-dealkylation sites (tertiary alicyclic amines) is 2. The van der Waals surface area contributed by atoms with E-state index < -0.39 is 5.60 Å². The van der Waals surface area contributed by atoms with Gasteiger partial charge < -0.3 is 15.3 Å². The molecule has 0 spiro atoms. The van der Waals surface area contributed by atoms with Crippen LogP contribution in [0.15, 0.2) is 79.4 Å². The van der Waals surface area contributed by atoms with E-state index in [1.807, 2.05) is 25.1 Å². The van der Waals surface area contributed by atoms with E-state index in [0.717, 1.165) is 75.1 Å². The minimum atomic E-state index is -1.42. The summed E-state index contributed by atoms with van der Waals surface area (Å²) in [6.07, 6.45) is 8.05. The molecule has 0 radical (unpaired) electrons. The zero-order valence-electron chi connectivity index (χ0n) is 25.4. The first kappa shape index (κ1) is 30.4. The molecule has 1 unspecified atom stereocenters. The lowest BCUT2D eigenvalue weighted by molar-refractivity contribution is -0.0323. The predicted octanol–water partition coefficient (Wildman–Crippen LogP) is 5.38. The molecule has 1 atom stereocenters. The highest BCUT2D eigenvalue weighted by Crippen LogP contribution is 2.30. The Kier molecular flexibility index (Phi) is 9.35. The van der Waals surface area contributed by atoms with Gasteiger partial charge in [-0.3, -0.25) is 4.90 Å². The number of piperidine rings is 2. The summed E-state index contributed by atoms with van der Waals surface area (Å²) in [6.45, 7) is 6.19. The van der Waals surface area contributed by atoms with Crippen LogP contribution in [-0.4, -0.2) is 74.5 Å². The van der Waals surface area contributed by atoms with Crippen LogP contribution in [0.1, 0.15) is 47.9 Å². The van der Waals surface area contributed by atoms with E-state index in [2.05, 4.69) is 49.5 Å². The van der Waals surface area contributed by atoms with Gasteiger partial charge in [0.05, 0.1) is 6.54 Å². The molecule has 7 nitrogen and oxygen atoms in total. The molecule has 2 fully saturated rings. The second-order valence-corrected chi connectivity index (χ2v) is 12.6. The van der Waals surface area contributed by atoms with Crippen molar-refractivity contribution in [1.82, 2.24) is 24.6 Å². The van der Waals surface area contributed by atoms with Crippen molar-refractivity contribution in [3.63, 3.8) is 0 Å². The van der Waals surface area contributed by atoms with Crippen molar-refractivity contribution in [2.45, 2.75) is 63.3 Å².